The van der Waals surface area contributed by atoms with Crippen LogP contribution in [0.4, 0.5) is 0 Å². The second kappa shape index (κ2) is 3.21. The first kappa shape index (κ1) is 6.01. The predicted molar refractivity (Wildman–Crippen MR) is 28.1 cm³/mol. The summed E-state index contributed by atoms with van der Waals surface area (Å²) in [6.45, 7) is 0. The van der Waals surface area contributed by atoms with Gasteiger partial charge >= 0.3 is 0 Å². The van der Waals surface area contributed by atoms with E-state index in [0.29, 0.717) is 5.76 Å². The maximum atomic E-state index is 6.56. The molecule has 0 unspecified atom stereocenters. The van der Waals surface area contributed by atoms with E-state index >= 15 is 0 Å². The van der Waals surface area contributed by atoms with Crippen LogP contribution in [0.5, 0.6) is 0 Å². The van der Waals surface area contributed by atoms with Crippen molar-refractivity contribution in [2.45, 2.75) is 0 Å². The van der Waals surface area contributed by atoms with E-state index in [1.807, 2.05) is 0 Å². The van der Waals surface area contributed by atoms with Crippen LogP contribution in [0.1, 0.15) is 0 Å². The highest BCUT2D eigenvalue weighted by molar-refractivity contribution is 5.72. The van der Waals surface area contributed by atoms with Gasteiger partial charge in [-0.3, -0.25) is 0 Å². The Balaban J connectivity index is 3.60. The number of rotatable bonds is 2. The molecule has 0 aliphatic heterocycles. The van der Waals surface area contributed by atoms with Gasteiger partial charge in [-0.1, -0.05) is 0 Å². The van der Waals surface area contributed by atoms with Gasteiger partial charge in [-0.15, -0.1) is 0 Å². The van der Waals surface area contributed by atoms with Crippen LogP contribution >= 0.6 is 0 Å². The zero-order valence-electron chi connectivity index (χ0n) is 4.14. The quantitative estimate of drug-likeness (QED) is 0.381. The Bertz CT molecular complexity index is 87.7. The molecule has 0 saturated carbocycles. The van der Waals surface area contributed by atoms with E-state index in [4.69, 9.17) is 11.1 Å². The number of methoxy groups -OCH3 is 1. The van der Waals surface area contributed by atoms with E-state index in [0.717, 1.165) is 6.21 Å². The van der Waals surface area contributed by atoms with Crippen molar-refractivity contribution in [3.05, 3.63) is 12.0 Å². The first-order chi connectivity index (χ1) is 3.35. The summed E-state index contributed by atoms with van der Waals surface area (Å²) in [5.74, 6) is 0.375. The minimum Gasteiger partial charge on any atom is -0.494 e. The summed E-state index contributed by atoms with van der Waals surface area (Å²) in [5, 5.41) is 6.56. The smallest absolute Gasteiger partial charge is 0.151 e. The van der Waals surface area contributed by atoms with E-state index in [2.05, 4.69) is 4.74 Å². The fraction of sp³-hybridized carbons (Fsp3) is 0.250. The first-order valence-electron chi connectivity index (χ1n) is 1.81. The maximum Gasteiger partial charge on any atom is 0.151 e. The second-order valence-electron chi connectivity index (χ2n) is 0.917. The van der Waals surface area contributed by atoms with Gasteiger partial charge in [-0.2, -0.15) is 0 Å². The molecule has 3 N–H and O–H groups in total. The van der Waals surface area contributed by atoms with E-state index in [-0.39, 0.29) is 0 Å². The molecular weight excluding hydrogens is 92.1 g/mol. The van der Waals surface area contributed by atoms with Crippen LogP contribution in [0.3, 0.4) is 0 Å². The number of ether oxygens (including phenoxy) is 1. The second-order valence-corrected chi connectivity index (χ2v) is 0.917. The zero-order valence-corrected chi connectivity index (χ0v) is 4.14. The summed E-state index contributed by atoms with van der Waals surface area (Å²) in [6.07, 6.45) is 2.27. The van der Waals surface area contributed by atoms with Crippen molar-refractivity contribution in [1.29, 1.82) is 5.41 Å². The molecule has 0 saturated heterocycles. The Morgan fingerprint density at radius 2 is 2.43 bits per heavy atom. The summed E-state index contributed by atoms with van der Waals surface area (Å²) < 4.78 is 4.54. The fourth-order valence-electron chi connectivity index (χ4n) is 0.175. The van der Waals surface area contributed by atoms with Crippen LogP contribution in [0.15, 0.2) is 12.0 Å². The van der Waals surface area contributed by atoms with Gasteiger partial charge in [-0.05, 0) is 0 Å². The average Bonchev–Trinajstić information content (AvgIpc) is 1.72. The Hall–Kier alpha value is -0.990. The van der Waals surface area contributed by atoms with Gasteiger partial charge in [-0.25, -0.2) is 0 Å². The highest BCUT2D eigenvalue weighted by Gasteiger charge is 1.80. The van der Waals surface area contributed by atoms with Crippen molar-refractivity contribution in [1.82, 2.24) is 0 Å². The number of allylic oxidation sites excluding steroid dienone is 1. The van der Waals surface area contributed by atoms with E-state index in [1.165, 1.54) is 13.3 Å². The highest BCUT2D eigenvalue weighted by Crippen LogP contribution is 1.82. The van der Waals surface area contributed by atoms with Crippen LogP contribution in [-0.4, -0.2) is 13.3 Å². The van der Waals surface area contributed by atoms with Crippen molar-refractivity contribution < 1.29 is 4.74 Å². The lowest BCUT2D eigenvalue weighted by molar-refractivity contribution is 0.316. The molecule has 40 valence electrons. The third-order valence-electron chi connectivity index (χ3n) is 0.542. The van der Waals surface area contributed by atoms with Gasteiger partial charge in [0.1, 0.15) is 0 Å². The van der Waals surface area contributed by atoms with Crippen LogP contribution in [-0.2, 0) is 4.74 Å². The van der Waals surface area contributed by atoms with Gasteiger partial charge in [0, 0.05) is 6.20 Å². The maximum absolute atomic E-state index is 6.56. The van der Waals surface area contributed by atoms with Gasteiger partial charge in [0.15, 0.2) is 5.76 Å². The number of hydrogen-bond acceptors (Lipinski definition) is 3. The summed E-state index contributed by atoms with van der Waals surface area (Å²) in [4.78, 5) is 0. The van der Waals surface area contributed by atoms with Gasteiger partial charge in [0.2, 0.25) is 0 Å². The molecular formula is C4H8N2O. The summed E-state index contributed by atoms with van der Waals surface area (Å²) in [7, 11) is 1.46. The molecule has 3 heteroatoms. The molecule has 7 heavy (non-hydrogen) atoms. The Kier molecular flexibility index (Phi) is 2.76. The first-order valence-corrected chi connectivity index (χ1v) is 1.81. The summed E-state index contributed by atoms with van der Waals surface area (Å²) >= 11 is 0. The molecule has 0 aliphatic carbocycles. The fourth-order valence-corrected chi connectivity index (χ4v) is 0.175. The molecule has 0 bridgehead atoms. The van der Waals surface area contributed by atoms with Crippen molar-refractivity contribution in [3.8, 4) is 0 Å². The zero-order chi connectivity index (χ0) is 5.70. The van der Waals surface area contributed by atoms with Gasteiger partial charge in [0.25, 0.3) is 0 Å². The third-order valence-corrected chi connectivity index (χ3v) is 0.542. The minimum atomic E-state index is 0.375. The van der Waals surface area contributed by atoms with Crippen molar-refractivity contribution >= 4 is 6.21 Å². The normalized spacial score (nSPS) is 10.7. The monoisotopic (exact) mass is 100 g/mol. The van der Waals surface area contributed by atoms with E-state index in [9.17, 15) is 0 Å². The van der Waals surface area contributed by atoms with Crippen molar-refractivity contribution in [2.24, 2.45) is 5.73 Å². The van der Waals surface area contributed by atoms with Gasteiger partial charge in [0.05, 0.1) is 13.3 Å². The topological polar surface area (TPSA) is 59.1 Å². The molecule has 0 amide bonds. The lowest BCUT2D eigenvalue weighted by Crippen LogP contribution is -1.91. The summed E-state index contributed by atoms with van der Waals surface area (Å²) in [5.41, 5.74) is 4.96. The molecule has 0 radical (unpaired) electrons. The average molecular weight is 100 g/mol. The van der Waals surface area contributed by atoms with Crippen LogP contribution < -0.4 is 5.73 Å². The van der Waals surface area contributed by atoms with E-state index < -0.39 is 0 Å². The molecule has 0 aromatic carbocycles. The largest absolute Gasteiger partial charge is 0.494 e. The van der Waals surface area contributed by atoms with Crippen molar-refractivity contribution in [2.75, 3.05) is 7.11 Å². The van der Waals surface area contributed by atoms with Crippen LogP contribution in [0.25, 0.3) is 0 Å². The molecule has 0 aromatic heterocycles. The van der Waals surface area contributed by atoms with Crippen molar-refractivity contribution in [3.63, 3.8) is 0 Å². The molecule has 0 aliphatic rings. The van der Waals surface area contributed by atoms with Gasteiger partial charge < -0.3 is 15.9 Å². The standard InChI is InChI=1S/C4H8N2O/c1-7-4(2-5)3-6/h2-3,5H,6H2,1H3/b4-3+,5-2?. The molecule has 0 fully saturated rings. The Morgan fingerprint density at radius 3 is 2.43 bits per heavy atom. The highest BCUT2D eigenvalue weighted by atomic mass is 16.5. The lowest BCUT2D eigenvalue weighted by atomic mass is 10.6. The summed E-state index contributed by atoms with van der Waals surface area (Å²) in [6, 6.07) is 0. The molecule has 3 nitrogen and oxygen atoms in total. The molecule has 0 aromatic rings. The Morgan fingerprint density at radius 1 is 1.86 bits per heavy atom. The SMILES string of the molecule is CO/C(C=N)=C/N. The Labute approximate surface area is 42.3 Å². The molecule has 0 rings (SSSR count). The number of hydrogen-bond donors (Lipinski definition) is 2. The lowest BCUT2D eigenvalue weighted by Gasteiger charge is -1.92. The molecule has 0 heterocycles. The number of nitrogens with two attached hydrogens (primary N) is 1. The molecule has 0 atom stereocenters. The molecule has 0 spiro atoms. The number of nitrogens with one attached hydrogen (secondary N) is 1. The van der Waals surface area contributed by atoms with Crippen LogP contribution in [0, 0.1) is 5.41 Å². The van der Waals surface area contributed by atoms with Crippen LogP contribution in [0.2, 0.25) is 0 Å². The third kappa shape index (κ3) is 1.81. The predicted octanol–water partition coefficient (Wildman–Crippen LogP) is 0.0825. The van der Waals surface area contributed by atoms with E-state index in [1.54, 1.807) is 0 Å². The minimum absolute atomic E-state index is 0.375.